The Morgan fingerprint density at radius 3 is 1.30 bits per heavy atom. The van der Waals surface area contributed by atoms with E-state index in [4.69, 9.17) is 0 Å². The van der Waals surface area contributed by atoms with Gasteiger partial charge in [-0.2, -0.15) is 0 Å². The van der Waals surface area contributed by atoms with Crippen molar-refractivity contribution in [2.75, 3.05) is 9.80 Å². The summed E-state index contributed by atoms with van der Waals surface area (Å²) in [5.74, 6) is 0.778. The van der Waals surface area contributed by atoms with Crippen LogP contribution in [0.5, 0.6) is 0 Å². The highest BCUT2D eigenvalue weighted by molar-refractivity contribution is 6.00. The molecule has 0 amide bonds. The SMILES string of the molecule is C1=CC2C=CC=C(c3ccc(N(c4ccc(-c5ccc(N(c6ccccc6)c6cccc7ccccc67)cc5)cc4)c4cccc5ccccc45)cc3)C2C=C1. The molecule has 0 aromatic heterocycles. The van der Waals surface area contributed by atoms with Gasteiger partial charge in [-0.15, -0.1) is 0 Å². The zero-order valence-electron chi connectivity index (χ0n) is 31.0. The molecule has 2 nitrogen and oxygen atoms in total. The lowest BCUT2D eigenvalue weighted by atomic mass is 9.77. The van der Waals surface area contributed by atoms with Gasteiger partial charge in [-0.1, -0.05) is 170 Å². The smallest absolute Gasteiger partial charge is 0.0540 e. The summed E-state index contributed by atoms with van der Waals surface area (Å²) in [7, 11) is 0. The highest BCUT2D eigenvalue weighted by atomic mass is 15.1. The van der Waals surface area contributed by atoms with Crippen LogP contribution < -0.4 is 9.80 Å². The van der Waals surface area contributed by atoms with E-state index in [2.05, 4.69) is 240 Å². The Morgan fingerprint density at radius 1 is 0.321 bits per heavy atom. The van der Waals surface area contributed by atoms with E-state index < -0.39 is 0 Å². The molecule has 2 heteroatoms. The Hall–Kier alpha value is -7.16. The number of fused-ring (bicyclic) bond motifs is 3. The summed E-state index contributed by atoms with van der Waals surface area (Å²) < 4.78 is 0. The van der Waals surface area contributed by atoms with E-state index in [0.717, 1.165) is 34.1 Å². The summed E-state index contributed by atoms with van der Waals surface area (Å²) >= 11 is 0. The second-order valence-electron chi connectivity index (χ2n) is 14.5. The predicted molar refractivity (Wildman–Crippen MR) is 239 cm³/mol. The summed E-state index contributed by atoms with van der Waals surface area (Å²) in [5.41, 5.74) is 11.8. The van der Waals surface area contributed by atoms with E-state index in [1.54, 1.807) is 0 Å². The van der Waals surface area contributed by atoms with Gasteiger partial charge < -0.3 is 9.80 Å². The molecule has 8 aromatic carbocycles. The number of benzene rings is 8. The number of allylic oxidation sites excluding steroid dienone is 8. The highest BCUT2D eigenvalue weighted by Gasteiger charge is 2.24. The molecular weight excluding hydrogens is 677 g/mol. The number of hydrogen-bond acceptors (Lipinski definition) is 2. The normalized spacial score (nSPS) is 15.8. The molecular formula is C54H40N2. The average Bonchev–Trinajstić information content (AvgIpc) is 3.28. The molecule has 8 aromatic rings. The fourth-order valence-corrected chi connectivity index (χ4v) is 8.45. The van der Waals surface area contributed by atoms with Crippen molar-refractivity contribution in [3.63, 3.8) is 0 Å². The lowest BCUT2D eigenvalue weighted by Crippen LogP contribution is -2.15. The van der Waals surface area contributed by atoms with E-state index in [0.29, 0.717) is 11.8 Å². The zero-order chi connectivity index (χ0) is 37.3. The molecule has 0 aliphatic heterocycles. The van der Waals surface area contributed by atoms with Crippen molar-refractivity contribution in [1.29, 1.82) is 0 Å². The van der Waals surface area contributed by atoms with Crippen molar-refractivity contribution in [2.45, 2.75) is 0 Å². The van der Waals surface area contributed by atoms with Crippen LogP contribution in [0.1, 0.15) is 5.56 Å². The molecule has 2 aliphatic carbocycles. The van der Waals surface area contributed by atoms with Crippen LogP contribution in [0.15, 0.2) is 231 Å². The minimum atomic E-state index is 0.367. The molecule has 0 radical (unpaired) electrons. The molecule has 2 atom stereocenters. The van der Waals surface area contributed by atoms with Crippen LogP contribution in [-0.2, 0) is 0 Å². The summed E-state index contributed by atoms with van der Waals surface area (Å²) in [6.07, 6.45) is 15.7. The van der Waals surface area contributed by atoms with Gasteiger partial charge in [-0.25, -0.2) is 0 Å². The third-order valence-electron chi connectivity index (χ3n) is 11.2. The first-order valence-corrected chi connectivity index (χ1v) is 19.4. The third kappa shape index (κ3) is 6.22. The Kier molecular flexibility index (Phi) is 8.70. The summed E-state index contributed by atoms with van der Waals surface area (Å²) in [6, 6.07) is 68.1. The Labute approximate surface area is 328 Å². The van der Waals surface area contributed by atoms with Gasteiger partial charge in [0, 0.05) is 45.4 Å². The molecule has 2 aliphatic rings. The quantitative estimate of drug-likeness (QED) is 0.154. The first-order chi connectivity index (χ1) is 27.8. The molecule has 0 fully saturated rings. The van der Waals surface area contributed by atoms with Gasteiger partial charge in [-0.05, 0) is 93.7 Å². The maximum atomic E-state index is 2.39. The molecule has 0 spiro atoms. The summed E-state index contributed by atoms with van der Waals surface area (Å²) in [5, 5.41) is 4.89. The van der Waals surface area contributed by atoms with Crippen molar-refractivity contribution in [3.05, 3.63) is 236 Å². The van der Waals surface area contributed by atoms with Gasteiger partial charge in [0.1, 0.15) is 0 Å². The van der Waals surface area contributed by atoms with Crippen LogP contribution >= 0.6 is 0 Å². The monoisotopic (exact) mass is 716 g/mol. The zero-order valence-corrected chi connectivity index (χ0v) is 31.0. The number of para-hydroxylation sites is 1. The summed E-state index contributed by atoms with van der Waals surface area (Å²) in [6.45, 7) is 0. The van der Waals surface area contributed by atoms with E-state index in [9.17, 15) is 0 Å². The molecule has 56 heavy (non-hydrogen) atoms. The van der Waals surface area contributed by atoms with E-state index in [1.807, 2.05) is 0 Å². The molecule has 2 unspecified atom stereocenters. The Morgan fingerprint density at radius 2 is 0.750 bits per heavy atom. The first-order valence-electron chi connectivity index (χ1n) is 19.4. The van der Waals surface area contributed by atoms with Gasteiger partial charge in [0.2, 0.25) is 0 Å². The van der Waals surface area contributed by atoms with Gasteiger partial charge in [-0.3, -0.25) is 0 Å². The molecule has 10 rings (SSSR count). The van der Waals surface area contributed by atoms with Crippen LogP contribution in [0.3, 0.4) is 0 Å². The molecule has 0 saturated heterocycles. The molecule has 0 bridgehead atoms. The Balaban J connectivity index is 0.997. The number of anilines is 6. The maximum Gasteiger partial charge on any atom is 0.0540 e. The van der Waals surface area contributed by atoms with Crippen LogP contribution in [0.2, 0.25) is 0 Å². The molecule has 0 heterocycles. The predicted octanol–water partition coefficient (Wildman–Crippen LogP) is 14.9. The largest absolute Gasteiger partial charge is 0.310 e. The van der Waals surface area contributed by atoms with Crippen LogP contribution in [-0.4, -0.2) is 0 Å². The topological polar surface area (TPSA) is 6.48 Å². The third-order valence-corrected chi connectivity index (χ3v) is 11.2. The molecule has 0 N–H and O–H groups in total. The van der Waals surface area contributed by atoms with Gasteiger partial charge in [0.25, 0.3) is 0 Å². The average molecular weight is 717 g/mol. The van der Waals surface area contributed by atoms with Crippen LogP contribution in [0.4, 0.5) is 34.1 Å². The van der Waals surface area contributed by atoms with Crippen molar-refractivity contribution >= 4 is 61.2 Å². The number of nitrogens with zero attached hydrogens (tertiary/aromatic N) is 2. The lowest BCUT2D eigenvalue weighted by Gasteiger charge is -2.29. The number of hydrogen-bond donors (Lipinski definition) is 0. The summed E-state index contributed by atoms with van der Waals surface area (Å²) in [4.78, 5) is 4.74. The number of rotatable bonds is 8. The van der Waals surface area contributed by atoms with Crippen molar-refractivity contribution in [1.82, 2.24) is 0 Å². The van der Waals surface area contributed by atoms with E-state index >= 15 is 0 Å². The first kappa shape index (κ1) is 33.4. The standard InChI is InChI=1S/C54H40N2/c1-2-19-45(20-3-1)55(53-25-11-17-42-14-5-8-22-51(42)53)46-33-27-39(28-34-46)40-29-35-47(36-30-40)56(54-26-12-18-43-15-6-9-23-52(43)54)48-37-31-44(32-38-48)50-24-10-16-41-13-4-7-21-49(41)50/h1-38,41,49H. The minimum absolute atomic E-state index is 0.367. The van der Waals surface area contributed by atoms with Gasteiger partial charge >= 0.3 is 0 Å². The van der Waals surface area contributed by atoms with E-state index in [1.165, 1.54) is 43.8 Å². The van der Waals surface area contributed by atoms with Crippen LogP contribution in [0, 0.1) is 11.8 Å². The van der Waals surface area contributed by atoms with Crippen molar-refractivity contribution < 1.29 is 0 Å². The van der Waals surface area contributed by atoms with Gasteiger partial charge in [0.15, 0.2) is 0 Å². The lowest BCUT2D eigenvalue weighted by molar-refractivity contribution is 0.678. The fourth-order valence-electron chi connectivity index (χ4n) is 8.45. The van der Waals surface area contributed by atoms with Gasteiger partial charge in [0.05, 0.1) is 11.4 Å². The van der Waals surface area contributed by atoms with E-state index in [-0.39, 0.29) is 0 Å². The fraction of sp³-hybridized carbons (Fsp3) is 0.0370. The van der Waals surface area contributed by atoms with Crippen LogP contribution in [0.25, 0.3) is 38.2 Å². The minimum Gasteiger partial charge on any atom is -0.310 e. The Bertz CT molecular complexity index is 2780. The molecule has 0 saturated carbocycles. The highest BCUT2D eigenvalue weighted by Crippen LogP contribution is 2.43. The second-order valence-corrected chi connectivity index (χ2v) is 14.5. The maximum absolute atomic E-state index is 2.39. The second kappa shape index (κ2) is 14.6. The van der Waals surface area contributed by atoms with Crippen molar-refractivity contribution in [2.24, 2.45) is 11.8 Å². The van der Waals surface area contributed by atoms with Crippen molar-refractivity contribution in [3.8, 4) is 11.1 Å². The molecule has 266 valence electrons.